The molecule has 5 nitrogen and oxygen atoms in total. The molecule has 1 amide bonds. The van der Waals surface area contributed by atoms with Crippen LogP contribution < -0.4 is 15.0 Å². The minimum Gasteiger partial charge on any atom is -0.508 e. The van der Waals surface area contributed by atoms with Crippen molar-refractivity contribution in [2.45, 2.75) is 32.4 Å². The number of amides is 1. The van der Waals surface area contributed by atoms with E-state index in [-0.39, 0.29) is 23.8 Å². The molecule has 2 N–H and O–H groups in total. The SMILES string of the molecule is CC(=O)NC(C)c1ccc(OC2CCN(c3ccc(O)cc3)C2)cc1. The van der Waals surface area contributed by atoms with Crippen molar-refractivity contribution in [2.75, 3.05) is 18.0 Å². The lowest BCUT2D eigenvalue weighted by molar-refractivity contribution is -0.119. The molecular formula is C20H24N2O3. The third-order valence-electron chi connectivity index (χ3n) is 4.46. The summed E-state index contributed by atoms with van der Waals surface area (Å²) in [4.78, 5) is 13.4. The number of carbonyl (C=O) groups excluding carboxylic acids is 1. The summed E-state index contributed by atoms with van der Waals surface area (Å²) >= 11 is 0. The van der Waals surface area contributed by atoms with E-state index < -0.39 is 0 Å². The Kier molecular flexibility index (Phi) is 5.12. The first-order valence-electron chi connectivity index (χ1n) is 8.59. The minimum atomic E-state index is -0.0342. The summed E-state index contributed by atoms with van der Waals surface area (Å²) < 4.78 is 6.09. The molecule has 0 aromatic heterocycles. The fourth-order valence-corrected chi connectivity index (χ4v) is 3.14. The van der Waals surface area contributed by atoms with Gasteiger partial charge in [0.25, 0.3) is 0 Å². The molecule has 2 aromatic carbocycles. The van der Waals surface area contributed by atoms with Crippen molar-refractivity contribution >= 4 is 11.6 Å². The van der Waals surface area contributed by atoms with Crippen LogP contribution in [0.2, 0.25) is 0 Å². The van der Waals surface area contributed by atoms with Crippen molar-refractivity contribution in [1.82, 2.24) is 5.32 Å². The van der Waals surface area contributed by atoms with E-state index in [0.717, 1.165) is 36.5 Å². The zero-order valence-corrected chi connectivity index (χ0v) is 14.6. The molecule has 25 heavy (non-hydrogen) atoms. The second kappa shape index (κ2) is 7.47. The van der Waals surface area contributed by atoms with Crippen LogP contribution in [-0.2, 0) is 4.79 Å². The number of phenols is 1. The lowest BCUT2D eigenvalue weighted by Gasteiger charge is -2.19. The van der Waals surface area contributed by atoms with Crippen molar-refractivity contribution in [3.8, 4) is 11.5 Å². The van der Waals surface area contributed by atoms with Gasteiger partial charge in [0.15, 0.2) is 0 Å². The molecule has 0 saturated carbocycles. The standard InChI is InChI=1S/C20H24N2O3/c1-14(21-15(2)23)16-3-9-19(10-4-16)25-20-11-12-22(13-20)17-5-7-18(24)8-6-17/h3-10,14,20,24H,11-13H2,1-2H3,(H,21,23). The number of benzene rings is 2. The molecule has 132 valence electrons. The monoisotopic (exact) mass is 340 g/mol. The Hall–Kier alpha value is -2.69. The van der Waals surface area contributed by atoms with E-state index in [0.29, 0.717) is 0 Å². The quantitative estimate of drug-likeness (QED) is 0.877. The molecule has 2 atom stereocenters. The molecule has 0 radical (unpaired) electrons. The first-order chi connectivity index (χ1) is 12.0. The van der Waals surface area contributed by atoms with Gasteiger partial charge in [-0.05, 0) is 48.9 Å². The molecule has 2 unspecified atom stereocenters. The zero-order valence-electron chi connectivity index (χ0n) is 14.6. The van der Waals surface area contributed by atoms with Gasteiger partial charge in [0, 0.05) is 25.6 Å². The number of anilines is 1. The Labute approximate surface area is 148 Å². The van der Waals surface area contributed by atoms with Crippen LogP contribution in [0.25, 0.3) is 0 Å². The normalized spacial score (nSPS) is 18.0. The van der Waals surface area contributed by atoms with Gasteiger partial charge in [0.05, 0.1) is 12.6 Å². The average Bonchev–Trinajstić information content (AvgIpc) is 3.04. The summed E-state index contributed by atoms with van der Waals surface area (Å²) in [5, 5.41) is 12.3. The minimum absolute atomic E-state index is 0.0111. The largest absolute Gasteiger partial charge is 0.508 e. The van der Waals surface area contributed by atoms with Crippen molar-refractivity contribution in [2.24, 2.45) is 0 Å². The highest BCUT2D eigenvalue weighted by molar-refractivity contribution is 5.73. The summed E-state index contributed by atoms with van der Waals surface area (Å²) in [6.45, 7) is 5.25. The Morgan fingerprint density at radius 2 is 1.88 bits per heavy atom. The maximum Gasteiger partial charge on any atom is 0.217 e. The predicted molar refractivity (Wildman–Crippen MR) is 98.0 cm³/mol. The smallest absolute Gasteiger partial charge is 0.217 e. The fourth-order valence-electron chi connectivity index (χ4n) is 3.14. The third-order valence-corrected chi connectivity index (χ3v) is 4.46. The van der Waals surface area contributed by atoms with E-state index in [1.165, 1.54) is 6.92 Å². The topological polar surface area (TPSA) is 61.8 Å². The Balaban J connectivity index is 1.56. The molecule has 1 fully saturated rings. The highest BCUT2D eigenvalue weighted by Crippen LogP contribution is 2.26. The highest BCUT2D eigenvalue weighted by Gasteiger charge is 2.24. The number of nitrogens with zero attached hydrogens (tertiary/aromatic N) is 1. The van der Waals surface area contributed by atoms with E-state index in [9.17, 15) is 9.90 Å². The number of hydrogen-bond donors (Lipinski definition) is 2. The summed E-state index contributed by atoms with van der Waals surface area (Å²) in [6, 6.07) is 15.1. The molecule has 2 aromatic rings. The lowest BCUT2D eigenvalue weighted by atomic mass is 10.1. The number of carbonyl (C=O) groups is 1. The van der Waals surface area contributed by atoms with E-state index in [4.69, 9.17) is 4.74 Å². The van der Waals surface area contributed by atoms with E-state index in [1.807, 2.05) is 43.3 Å². The van der Waals surface area contributed by atoms with Crippen LogP contribution in [-0.4, -0.2) is 30.2 Å². The van der Waals surface area contributed by atoms with Crippen LogP contribution in [0.5, 0.6) is 11.5 Å². The van der Waals surface area contributed by atoms with Crippen LogP contribution in [0, 0.1) is 0 Å². The Morgan fingerprint density at radius 3 is 2.52 bits per heavy atom. The summed E-state index contributed by atoms with van der Waals surface area (Å²) in [5.41, 5.74) is 2.16. The van der Waals surface area contributed by atoms with E-state index in [1.54, 1.807) is 12.1 Å². The second-order valence-electron chi connectivity index (χ2n) is 6.48. The van der Waals surface area contributed by atoms with Gasteiger partial charge in [0.2, 0.25) is 5.91 Å². The van der Waals surface area contributed by atoms with E-state index in [2.05, 4.69) is 10.2 Å². The molecule has 0 bridgehead atoms. The lowest BCUT2D eigenvalue weighted by Crippen LogP contribution is -2.24. The maximum atomic E-state index is 11.1. The van der Waals surface area contributed by atoms with Crippen molar-refractivity contribution in [3.63, 3.8) is 0 Å². The van der Waals surface area contributed by atoms with Gasteiger partial charge in [0.1, 0.15) is 17.6 Å². The first kappa shape index (κ1) is 17.1. The van der Waals surface area contributed by atoms with Crippen molar-refractivity contribution in [1.29, 1.82) is 0 Å². The fraction of sp³-hybridized carbons (Fsp3) is 0.350. The molecule has 0 aliphatic carbocycles. The van der Waals surface area contributed by atoms with Gasteiger partial charge >= 0.3 is 0 Å². The molecule has 1 aliphatic heterocycles. The van der Waals surface area contributed by atoms with Crippen molar-refractivity contribution in [3.05, 3.63) is 54.1 Å². The molecule has 1 heterocycles. The number of hydrogen-bond acceptors (Lipinski definition) is 4. The zero-order chi connectivity index (χ0) is 17.8. The van der Waals surface area contributed by atoms with Gasteiger partial charge in [-0.3, -0.25) is 4.79 Å². The summed E-state index contributed by atoms with van der Waals surface area (Å²) in [5.74, 6) is 1.09. The molecule has 5 heteroatoms. The number of phenolic OH excluding ortho intramolecular Hbond substituents is 1. The van der Waals surface area contributed by atoms with Gasteiger partial charge in [-0.2, -0.15) is 0 Å². The number of aromatic hydroxyl groups is 1. The Bertz CT molecular complexity index is 713. The molecular weight excluding hydrogens is 316 g/mol. The van der Waals surface area contributed by atoms with Crippen LogP contribution >= 0.6 is 0 Å². The molecule has 3 rings (SSSR count). The molecule has 1 saturated heterocycles. The third kappa shape index (κ3) is 4.44. The Morgan fingerprint density at radius 1 is 1.20 bits per heavy atom. The summed E-state index contributed by atoms with van der Waals surface area (Å²) in [6.07, 6.45) is 1.11. The van der Waals surface area contributed by atoms with Gasteiger partial charge in [-0.1, -0.05) is 12.1 Å². The number of ether oxygens (including phenoxy) is 1. The van der Waals surface area contributed by atoms with E-state index >= 15 is 0 Å². The van der Waals surface area contributed by atoms with Crippen molar-refractivity contribution < 1.29 is 14.6 Å². The summed E-state index contributed by atoms with van der Waals surface area (Å²) in [7, 11) is 0. The van der Waals surface area contributed by atoms with Crippen LogP contribution in [0.15, 0.2) is 48.5 Å². The first-order valence-corrected chi connectivity index (χ1v) is 8.59. The van der Waals surface area contributed by atoms with Gasteiger partial charge < -0.3 is 20.1 Å². The van der Waals surface area contributed by atoms with Crippen LogP contribution in [0.4, 0.5) is 5.69 Å². The van der Waals surface area contributed by atoms with Crippen LogP contribution in [0.3, 0.4) is 0 Å². The molecule has 0 spiro atoms. The van der Waals surface area contributed by atoms with Gasteiger partial charge in [-0.15, -0.1) is 0 Å². The average molecular weight is 340 g/mol. The number of rotatable bonds is 5. The highest BCUT2D eigenvalue weighted by atomic mass is 16.5. The maximum absolute atomic E-state index is 11.1. The van der Waals surface area contributed by atoms with Gasteiger partial charge in [-0.25, -0.2) is 0 Å². The van der Waals surface area contributed by atoms with Crippen LogP contribution in [0.1, 0.15) is 31.9 Å². The number of nitrogens with one attached hydrogen (secondary N) is 1. The predicted octanol–water partition coefficient (Wildman–Crippen LogP) is 3.25. The second-order valence-corrected chi connectivity index (χ2v) is 6.48. The molecule has 1 aliphatic rings.